The Bertz CT molecular complexity index is 567. The number of benzene rings is 1. The van der Waals surface area contributed by atoms with E-state index in [9.17, 15) is 8.78 Å². The molecule has 0 atom stereocenters. The van der Waals surface area contributed by atoms with E-state index >= 15 is 0 Å². The van der Waals surface area contributed by atoms with Gasteiger partial charge in [0, 0.05) is 24.6 Å². The van der Waals surface area contributed by atoms with Crippen molar-refractivity contribution in [3.05, 3.63) is 30.1 Å². The highest BCUT2D eigenvalue weighted by Gasteiger charge is 2.36. The van der Waals surface area contributed by atoms with Crippen LogP contribution in [0.4, 0.5) is 8.78 Å². The molecule has 0 aliphatic heterocycles. The largest absolute Gasteiger partial charge is 0.334 e. The van der Waals surface area contributed by atoms with E-state index < -0.39 is 17.9 Å². The molecule has 0 spiro atoms. The summed E-state index contributed by atoms with van der Waals surface area (Å²) in [5, 5.41) is 0. The zero-order chi connectivity index (χ0) is 13.6. The number of fused-ring (bicyclic) bond motifs is 1. The third-order valence-electron chi connectivity index (χ3n) is 2.83. The highest BCUT2D eigenvalue weighted by atomic mass is 19.3. The molecule has 0 aliphatic rings. The quantitative estimate of drug-likeness (QED) is 0.914. The van der Waals surface area contributed by atoms with Crippen molar-refractivity contribution in [3.8, 4) is 0 Å². The van der Waals surface area contributed by atoms with E-state index in [4.69, 9.17) is 5.73 Å². The second-order valence-corrected chi connectivity index (χ2v) is 5.43. The van der Waals surface area contributed by atoms with Gasteiger partial charge in [0.2, 0.25) is 0 Å². The number of aromatic nitrogens is 2. The van der Waals surface area contributed by atoms with E-state index in [2.05, 4.69) is 4.98 Å². The fourth-order valence-corrected chi connectivity index (χ4v) is 2.04. The molecule has 18 heavy (non-hydrogen) atoms. The van der Waals surface area contributed by atoms with E-state index in [-0.39, 0.29) is 5.56 Å². The van der Waals surface area contributed by atoms with Crippen LogP contribution in [0.1, 0.15) is 25.8 Å². The Balaban J connectivity index is 2.41. The Morgan fingerprint density at radius 3 is 2.61 bits per heavy atom. The number of hydrogen-bond acceptors (Lipinski definition) is 2. The van der Waals surface area contributed by atoms with Gasteiger partial charge in [-0.2, -0.15) is 0 Å². The van der Waals surface area contributed by atoms with Crippen LogP contribution in [0.2, 0.25) is 0 Å². The van der Waals surface area contributed by atoms with E-state index in [1.807, 2.05) is 7.05 Å². The molecule has 2 aromatic rings. The molecule has 1 heterocycles. The summed E-state index contributed by atoms with van der Waals surface area (Å²) in [5.41, 5.74) is 6.14. The topological polar surface area (TPSA) is 43.8 Å². The van der Waals surface area contributed by atoms with Crippen molar-refractivity contribution in [1.29, 1.82) is 0 Å². The maximum absolute atomic E-state index is 14.1. The van der Waals surface area contributed by atoms with Gasteiger partial charge >= 0.3 is 0 Å². The number of rotatable bonds is 3. The predicted octanol–water partition coefficient (Wildman–Crippen LogP) is 2.79. The van der Waals surface area contributed by atoms with Gasteiger partial charge in [0.1, 0.15) is 0 Å². The molecule has 0 fully saturated rings. The van der Waals surface area contributed by atoms with Crippen molar-refractivity contribution in [3.63, 3.8) is 0 Å². The van der Waals surface area contributed by atoms with Gasteiger partial charge in [0.25, 0.3) is 5.92 Å². The van der Waals surface area contributed by atoms with Crippen molar-refractivity contribution in [2.75, 3.05) is 0 Å². The van der Waals surface area contributed by atoms with Crippen LogP contribution in [0.25, 0.3) is 11.0 Å². The lowest BCUT2D eigenvalue weighted by molar-refractivity contribution is -0.0294. The van der Waals surface area contributed by atoms with Crippen molar-refractivity contribution in [2.45, 2.75) is 31.7 Å². The SMILES string of the molecule is Cn1cnc2cc(C(F)(F)CC(C)(C)N)ccc21. The smallest absolute Gasteiger partial charge is 0.275 e. The molecule has 0 radical (unpaired) electrons. The Labute approximate surface area is 105 Å². The van der Waals surface area contributed by atoms with Crippen molar-refractivity contribution >= 4 is 11.0 Å². The minimum Gasteiger partial charge on any atom is -0.334 e. The predicted molar refractivity (Wildman–Crippen MR) is 67.5 cm³/mol. The molecule has 0 saturated carbocycles. The molecule has 2 rings (SSSR count). The van der Waals surface area contributed by atoms with Gasteiger partial charge < -0.3 is 10.3 Å². The Morgan fingerprint density at radius 2 is 2.00 bits per heavy atom. The van der Waals surface area contributed by atoms with Crippen LogP contribution in [-0.4, -0.2) is 15.1 Å². The maximum atomic E-state index is 14.1. The second-order valence-electron chi connectivity index (χ2n) is 5.43. The summed E-state index contributed by atoms with van der Waals surface area (Å²) in [6.07, 6.45) is 1.22. The van der Waals surface area contributed by atoms with Crippen molar-refractivity contribution in [2.24, 2.45) is 12.8 Å². The molecule has 1 aromatic heterocycles. The summed E-state index contributed by atoms with van der Waals surface area (Å²) in [4.78, 5) is 4.09. The van der Waals surface area contributed by atoms with Gasteiger partial charge in [-0.15, -0.1) is 0 Å². The molecule has 2 N–H and O–H groups in total. The first-order valence-electron chi connectivity index (χ1n) is 5.77. The van der Waals surface area contributed by atoms with E-state index in [1.54, 1.807) is 30.8 Å². The number of halogens is 2. The van der Waals surface area contributed by atoms with Crippen molar-refractivity contribution < 1.29 is 8.78 Å². The molecule has 0 unspecified atom stereocenters. The third kappa shape index (κ3) is 2.51. The van der Waals surface area contributed by atoms with Crippen LogP contribution < -0.4 is 5.73 Å². The molecular formula is C13H17F2N3. The average Bonchev–Trinajstić information content (AvgIpc) is 2.56. The van der Waals surface area contributed by atoms with E-state index in [1.165, 1.54) is 12.1 Å². The van der Waals surface area contributed by atoms with Gasteiger partial charge in [-0.05, 0) is 26.0 Å². The van der Waals surface area contributed by atoms with Crippen LogP contribution in [0.5, 0.6) is 0 Å². The molecule has 1 aromatic carbocycles. The third-order valence-corrected chi connectivity index (χ3v) is 2.83. The number of imidazole rings is 1. The lowest BCUT2D eigenvalue weighted by Crippen LogP contribution is -2.38. The van der Waals surface area contributed by atoms with Crippen molar-refractivity contribution in [1.82, 2.24) is 9.55 Å². The van der Waals surface area contributed by atoms with Gasteiger partial charge in [-0.1, -0.05) is 6.07 Å². The fraction of sp³-hybridized carbons (Fsp3) is 0.462. The van der Waals surface area contributed by atoms with E-state index in [0.717, 1.165) is 5.52 Å². The second kappa shape index (κ2) is 4.02. The molecule has 3 nitrogen and oxygen atoms in total. The molecule has 0 bridgehead atoms. The summed E-state index contributed by atoms with van der Waals surface area (Å²) >= 11 is 0. The average molecular weight is 253 g/mol. The summed E-state index contributed by atoms with van der Waals surface area (Å²) in [6, 6.07) is 4.53. The number of alkyl halides is 2. The van der Waals surface area contributed by atoms with E-state index in [0.29, 0.717) is 5.52 Å². The van der Waals surface area contributed by atoms with Gasteiger partial charge in [0.15, 0.2) is 0 Å². The summed E-state index contributed by atoms with van der Waals surface area (Å²) in [7, 11) is 1.83. The lowest BCUT2D eigenvalue weighted by Gasteiger charge is -2.26. The molecule has 5 heteroatoms. The summed E-state index contributed by atoms with van der Waals surface area (Å²) < 4.78 is 29.9. The van der Waals surface area contributed by atoms with Gasteiger partial charge in [-0.3, -0.25) is 0 Å². The molecule has 0 amide bonds. The number of nitrogens with two attached hydrogens (primary N) is 1. The van der Waals surface area contributed by atoms with Crippen LogP contribution in [-0.2, 0) is 13.0 Å². The first-order valence-corrected chi connectivity index (χ1v) is 5.77. The molecule has 0 saturated heterocycles. The lowest BCUT2D eigenvalue weighted by atomic mass is 9.93. The van der Waals surface area contributed by atoms with Crippen LogP contribution in [0, 0.1) is 0 Å². The summed E-state index contributed by atoms with van der Waals surface area (Å²) in [5.74, 6) is -2.94. The summed E-state index contributed by atoms with van der Waals surface area (Å²) in [6.45, 7) is 3.19. The Kier molecular flexibility index (Phi) is 2.89. The van der Waals surface area contributed by atoms with Crippen LogP contribution in [0.3, 0.4) is 0 Å². The Hall–Kier alpha value is -1.49. The zero-order valence-electron chi connectivity index (χ0n) is 10.7. The first kappa shape index (κ1) is 13.0. The minimum absolute atomic E-state index is 0.0350. The van der Waals surface area contributed by atoms with Crippen LogP contribution in [0.15, 0.2) is 24.5 Å². The molecule has 98 valence electrons. The molecule has 0 aliphatic carbocycles. The monoisotopic (exact) mass is 253 g/mol. The number of aryl methyl sites for hydroxylation is 1. The number of nitrogens with zero attached hydrogens (tertiary/aromatic N) is 2. The maximum Gasteiger partial charge on any atom is 0.275 e. The standard InChI is InChI=1S/C13H17F2N3/c1-12(2,16)7-13(14,15)9-4-5-11-10(6-9)17-8-18(11)3/h4-6,8H,7,16H2,1-3H3. The molecular weight excluding hydrogens is 236 g/mol. The van der Waals surface area contributed by atoms with Crippen LogP contribution >= 0.6 is 0 Å². The highest BCUT2D eigenvalue weighted by molar-refractivity contribution is 5.76. The fourth-order valence-electron chi connectivity index (χ4n) is 2.04. The first-order chi connectivity index (χ1) is 8.19. The van der Waals surface area contributed by atoms with Gasteiger partial charge in [-0.25, -0.2) is 13.8 Å². The minimum atomic E-state index is -2.94. The number of hydrogen-bond donors (Lipinski definition) is 1. The Morgan fingerprint density at radius 1 is 1.33 bits per heavy atom. The zero-order valence-corrected chi connectivity index (χ0v) is 10.7. The normalized spacial score (nSPS) is 13.2. The highest BCUT2D eigenvalue weighted by Crippen LogP contribution is 2.36. The van der Waals surface area contributed by atoms with Gasteiger partial charge in [0.05, 0.1) is 17.4 Å².